The molecule has 0 aromatic heterocycles. The van der Waals surface area contributed by atoms with Gasteiger partial charge >= 0.3 is 12.2 Å². The van der Waals surface area contributed by atoms with Gasteiger partial charge in [-0.2, -0.15) is 0 Å². The lowest BCUT2D eigenvalue weighted by atomic mass is 10.2. The molecule has 2 N–H and O–H groups in total. The fourth-order valence-corrected chi connectivity index (χ4v) is 3.29. The third-order valence-corrected chi connectivity index (χ3v) is 4.48. The van der Waals surface area contributed by atoms with E-state index in [4.69, 9.17) is 9.84 Å². The minimum atomic E-state index is -1.25. The molecular formula is C15H15F2N3O4S. The highest BCUT2D eigenvalue weighted by Gasteiger charge is 2.33. The third kappa shape index (κ3) is 3.78. The van der Waals surface area contributed by atoms with Crippen LogP contribution in [0.2, 0.25) is 0 Å². The lowest BCUT2D eigenvalue weighted by Gasteiger charge is -2.25. The number of benzene rings is 1. The zero-order valence-corrected chi connectivity index (χ0v) is 13.8. The third-order valence-electron chi connectivity index (χ3n) is 3.74. The zero-order valence-electron chi connectivity index (χ0n) is 12.9. The summed E-state index contributed by atoms with van der Waals surface area (Å²) in [4.78, 5) is 24.9. The lowest BCUT2D eigenvalue weighted by molar-refractivity contribution is 0.136. The van der Waals surface area contributed by atoms with Crippen LogP contribution in [0.15, 0.2) is 23.7 Å². The normalized spacial score (nSPS) is 19.9. The van der Waals surface area contributed by atoms with Gasteiger partial charge in [-0.3, -0.25) is 4.90 Å². The first-order chi connectivity index (χ1) is 12.0. The van der Waals surface area contributed by atoms with Gasteiger partial charge in [0, 0.05) is 30.6 Å². The van der Waals surface area contributed by atoms with Gasteiger partial charge in [0.15, 0.2) is 11.6 Å². The van der Waals surface area contributed by atoms with Crippen LogP contribution in [0.4, 0.5) is 29.7 Å². The van der Waals surface area contributed by atoms with Crippen LogP contribution >= 0.6 is 11.8 Å². The second kappa shape index (κ2) is 7.18. The molecule has 1 atom stereocenters. The lowest BCUT2D eigenvalue weighted by Crippen LogP contribution is -2.33. The number of nitrogens with one attached hydrogen (secondary N) is 1. The van der Waals surface area contributed by atoms with E-state index >= 15 is 0 Å². The highest BCUT2D eigenvalue weighted by Crippen LogP contribution is 2.32. The van der Waals surface area contributed by atoms with E-state index in [-0.39, 0.29) is 24.5 Å². The van der Waals surface area contributed by atoms with E-state index in [1.165, 1.54) is 4.90 Å². The van der Waals surface area contributed by atoms with Crippen LogP contribution in [-0.2, 0) is 4.74 Å². The predicted molar refractivity (Wildman–Crippen MR) is 88.9 cm³/mol. The van der Waals surface area contributed by atoms with Crippen LogP contribution in [0.3, 0.4) is 0 Å². The van der Waals surface area contributed by atoms with Gasteiger partial charge in [0.25, 0.3) is 0 Å². The summed E-state index contributed by atoms with van der Waals surface area (Å²) in [7, 11) is 0. The molecule has 1 saturated heterocycles. The Labute approximate surface area is 146 Å². The van der Waals surface area contributed by atoms with Crippen LogP contribution in [0.1, 0.15) is 0 Å². The molecule has 2 aliphatic heterocycles. The summed E-state index contributed by atoms with van der Waals surface area (Å²) in [6.45, 7) is 0.373. The SMILES string of the molecule is O=C(O)NCC1CN(c2cc(F)c(N3C=CSCC3)c(F)c2)C(=O)O1. The Morgan fingerprint density at radius 1 is 1.40 bits per heavy atom. The molecule has 25 heavy (non-hydrogen) atoms. The molecule has 7 nitrogen and oxygen atoms in total. The molecule has 0 aliphatic carbocycles. The van der Waals surface area contributed by atoms with Crippen molar-refractivity contribution in [2.24, 2.45) is 0 Å². The van der Waals surface area contributed by atoms with E-state index < -0.39 is 29.9 Å². The van der Waals surface area contributed by atoms with Gasteiger partial charge in [0.05, 0.1) is 18.8 Å². The Bertz CT molecular complexity index is 708. The van der Waals surface area contributed by atoms with Crippen LogP contribution in [-0.4, -0.2) is 48.8 Å². The maximum Gasteiger partial charge on any atom is 0.414 e. The van der Waals surface area contributed by atoms with Crippen molar-refractivity contribution in [1.82, 2.24) is 5.32 Å². The Balaban J connectivity index is 1.79. The Kier molecular flexibility index (Phi) is 4.98. The van der Waals surface area contributed by atoms with Gasteiger partial charge < -0.3 is 20.1 Å². The first-order valence-electron chi connectivity index (χ1n) is 7.44. The van der Waals surface area contributed by atoms with Gasteiger partial charge in [0.2, 0.25) is 0 Å². The number of hydrogen-bond acceptors (Lipinski definition) is 5. The summed E-state index contributed by atoms with van der Waals surface area (Å²) in [6.07, 6.45) is -1.15. The van der Waals surface area contributed by atoms with Gasteiger partial charge in [-0.1, -0.05) is 0 Å². The van der Waals surface area contributed by atoms with Crippen molar-refractivity contribution in [2.75, 3.05) is 35.2 Å². The second-order valence-corrected chi connectivity index (χ2v) is 6.42. The standard InChI is InChI=1S/C15H15F2N3O4S/c16-11-5-9(6-12(17)13(11)19-1-3-25-4-2-19)20-8-10(24-15(20)23)7-18-14(21)22/h1,3,5-6,10,18H,2,4,7-8H2,(H,21,22). The number of amides is 2. The van der Waals surface area contributed by atoms with Crippen LogP contribution in [0.5, 0.6) is 0 Å². The van der Waals surface area contributed by atoms with E-state index in [0.29, 0.717) is 12.3 Å². The van der Waals surface area contributed by atoms with E-state index in [0.717, 1.165) is 17.0 Å². The summed E-state index contributed by atoms with van der Waals surface area (Å²) >= 11 is 1.55. The zero-order chi connectivity index (χ0) is 18.0. The number of rotatable bonds is 4. The molecular weight excluding hydrogens is 356 g/mol. The molecule has 1 fully saturated rings. The van der Waals surface area contributed by atoms with Gasteiger partial charge in [-0.15, -0.1) is 11.8 Å². The molecule has 0 saturated carbocycles. The van der Waals surface area contributed by atoms with Crippen molar-refractivity contribution < 1.29 is 28.2 Å². The molecule has 2 aliphatic rings. The quantitative estimate of drug-likeness (QED) is 0.847. The molecule has 2 amide bonds. The molecule has 1 aromatic rings. The van der Waals surface area contributed by atoms with Crippen molar-refractivity contribution in [3.05, 3.63) is 35.4 Å². The highest BCUT2D eigenvalue weighted by atomic mass is 32.2. The maximum absolute atomic E-state index is 14.4. The molecule has 0 spiro atoms. The second-order valence-electron chi connectivity index (χ2n) is 5.41. The predicted octanol–water partition coefficient (Wildman–Crippen LogP) is 2.58. The van der Waals surface area contributed by atoms with Crippen molar-refractivity contribution in [3.63, 3.8) is 0 Å². The number of carboxylic acid groups (broad SMARTS) is 1. The summed E-state index contributed by atoms with van der Waals surface area (Å²) in [5, 5.41) is 12.4. The minimum absolute atomic E-state index is 0.00238. The fraction of sp³-hybridized carbons (Fsp3) is 0.333. The van der Waals surface area contributed by atoms with Crippen molar-refractivity contribution in [3.8, 4) is 0 Å². The molecule has 3 rings (SSSR count). The number of thioether (sulfide) groups is 1. The van der Waals surface area contributed by atoms with E-state index in [1.807, 2.05) is 0 Å². The highest BCUT2D eigenvalue weighted by molar-refractivity contribution is 8.02. The van der Waals surface area contributed by atoms with E-state index in [9.17, 15) is 18.4 Å². The van der Waals surface area contributed by atoms with Crippen LogP contribution in [0, 0.1) is 11.6 Å². The molecule has 0 bridgehead atoms. The van der Waals surface area contributed by atoms with Gasteiger partial charge in [0.1, 0.15) is 11.8 Å². The minimum Gasteiger partial charge on any atom is -0.465 e. The van der Waals surface area contributed by atoms with Crippen molar-refractivity contribution in [1.29, 1.82) is 0 Å². The summed E-state index contributed by atoms with van der Waals surface area (Å²) < 4.78 is 33.9. The summed E-state index contributed by atoms with van der Waals surface area (Å²) in [6, 6.07) is 2.14. The number of hydrogen-bond donors (Lipinski definition) is 2. The van der Waals surface area contributed by atoms with Gasteiger partial charge in [-0.25, -0.2) is 18.4 Å². The number of ether oxygens (including phenoxy) is 1. The fourth-order valence-electron chi connectivity index (χ4n) is 2.62. The monoisotopic (exact) mass is 371 g/mol. The maximum atomic E-state index is 14.4. The molecule has 1 unspecified atom stereocenters. The topological polar surface area (TPSA) is 82.1 Å². The number of anilines is 2. The molecule has 134 valence electrons. The summed E-state index contributed by atoms with van der Waals surface area (Å²) in [5.41, 5.74) is -0.145. The number of carbonyl (C=O) groups is 2. The largest absolute Gasteiger partial charge is 0.465 e. The first kappa shape index (κ1) is 17.3. The van der Waals surface area contributed by atoms with Crippen molar-refractivity contribution in [2.45, 2.75) is 6.10 Å². The molecule has 1 aromatic carbocycles. The Morgan fingerprint density at radius 2 is 2.12 bits per heavy atom. The number of nitrogens with zero attached hydrogens (tertiary/aromatic N) is 2. The van der Waals surface area contributed by atoms with Crippen molar-refractivity contribution >= 4 is 35.3 Å². The van der Waals surface area contributed by atoms with Crippen LogP contribution in [0.25, 0.3) is 0 Å². The average molecular weight is 371 g/mol. The van der Waals surface area contributed by atoms with E-state index in [1.54, 1.807) is 23.4 Å². The van der Waals surface area contributed by atoms with E-state index in [2.05, 4.69) is 5.32 Å². The Morgan fingerprint density at radius 3 is 2.72 bits per heavy atom. The van der Waals surface area contributed by atoms with Gasteiger partial charge in [-0.05, 0) is 5.41 Å². The number of halogens is 2. The molecule has 10 heteroatoms. The average Bonchev–Trinajstić information content (AvgIpc) is 2.94. The molecule has 0 radical (unpaired) electrons. The smallest absolute Gasteiger partial charge is 0.414 e. The summed E-state index contributed by atoms with van der Waals surface area (Å²) in [5.74, 6) is -0.855. The van der Waals surface area contributed by atoms with Crippen LogP contribution < -0.4 is 15.1 Å². The molecule has 2 heterocycles. The Hall–Kier alpha value is -2.49. The number of carbonyl (C=O) groups excluding carboxylic acids is 1. The number of cyclic esters (lactones) is 1. The first-order valence-corrected chi connectivity index (χ1v) is 8.49.